The monoisotopic (exact) mass is 157 g/mol. The average Bonchev–Trinajstić information content (AvgIpc) is 2.53. The van der Waals surface area contributed by atoms with Crippen LogP contribution in [0.25, 0.3) is 11.1 Å². The van der Waals surface area contributed by atoms with Crippen LogP contribution in [0.15, 0.2) is 41.0 Å². The Balaban J connectivity index is 2.51. The van der Waals surface area contributed by atoms with Crippen molar-refractivity contribution in [2.75, 3.05) is 0 Å². The van der Waals surface area contributed by atoms with Gasteiger partial charge in [0.15, 0.2) is 0 Å². The molecule has 0 spiro atoms. The van der Waals surface area contributed by atoms with E-state index >= 15 is 0 Å². The fraction of sp³-hybridized carbons (Fsp3) is 0.0909. The molecule has 1 heteroatoms. The summed E-state index contributed by atoms with van der Waals surface area (Å²) in [6, 6.07) is 12.8. The molecular weight excluding hydrogens is 148 g/mol. The van der Waals surface area contributed by atoms with Crippen molar-refractivity contribution in [2.24, 2.45) is 0 Å². The standard InChI is InChI=1S/C11H9O/c1-9-11(7-8-12-9)10-5-3-2-4-6-10/h3-8H,1H3. The first-order valence-corrected chi connectivity index (χ1v) is 3.88. The Labute approximate surface area is 71.6 Å². The lowest BCUT2D eigenvalue weighted by molar-refractivity contribution is 0.535. The lowest BCUT2D eigenvalue weighted by Crippen LogP contribution is -1.74. The summed E-state index contributed by atoms with van der Waals surface area (Å²) in [4.78, 5) is 0. The second-order valence-corrected chi connectivity index (χ2v) is 2.68. The van der Waals surface area contributed by atoms with Crippen molar-refractivity contribution in [1.82, 2.24) is 0 Å². The van der Waals surface area contributed by atoms with Crippen molar-refractivity contribution in [3.63, 3.8) is 0 Å². The Kier molecular flexibility index (Phi) is 1.71. The minimum atomic E-state index is 0.959. The molecule has 0 fully saturated rings. The van der Waals surface area contributed by atoms with Crippen molar-refractivity contribution < 1.29 is 4.42 Å². The third kappa shape index (κ3) is 1.14. The molecular formula is C11H9O. The van der Waals surface area contributed by atoms with Gasteiger partial charge in [-0.1, -0.05) is 24.3 Å². The second-order valence-electron chi connectivity index (χ2n) is 2.68. The van der Waals surface area contributed by atoms with Crippen LogP contribution in [0.3, 0.4) is 0 Å². The summed E-state index contributed by atoms with van der Waals surface area (Å²) in [7, 11) is 0. The Bertz CT molecular complexity index is 360. The summed E-state index contributed by atoms with van der Waals surface area (Å²) in [5.41, 5.74) is 2.34. The summed E-state index contributed by atoms with van der Waals surface area (Å²) in [6.07, 6.45) is 1.71. The Morgan fingerprint density at radius 3 is 2.50 bits per heavy atom. The highest BCUT2D eigenvalue weighted by Crippen LogP contribution is 2.23. The maximum Gasteiger partial charge on any atom is 0.108 e. The topological polar surface area (TPSA) is 13.1 Å². The molecule has 0 bridgehead atoms. The summed E-state index contributed by atoms with van der Waals surface area (Å²) < 4.78 is 5.21. The summed E-state index contributed by atoms with van der Waals surface area (Å²) in [6.45, 7) is 1.96. The number of rotatable bonds is 1. The highest BCUT2D eigenvalue weighted by molar-refractivity contribution is 5.64. The summed E-state index contributed by atoms with van der Waals surface area (Å²) in [5, 5.41) is 0. The van der Waals surface area contributed by atoms with Crippen LogP contribution in [0.1, 0.15) is 5.76 Å². The zero-order valence-corrected chi connectivity index (χ0v) is 6.87. The molecule has 2 rings (SSSR count). The number of furan rings is 1. The van der Waals surface area contributed by atoms with Gasteiger partial charge in [0.2, 0.25) is 0 Å². The molecule has 0 saturated heterocycles. The van der Waals surface area contributed by atoms with Crippen LogP contribution in [0.5, 0.6) is 0 Å². The van der Waals surface area contributed by atoms with Gasteiger partial charge in [0, 0.05) is 5.56 Å². The summed E-state index contributed by atoms with van der Waals surface area (Å²) in [5.74, 6) is 0.959. The van der Waals surface area contributed by atoms with Gasteiger partial charge in [-0.25, -0.2) is 0 Å². The zero-order valence-electron chi connectivity index (χ0n) is 6.87. The molecule has 0 saturated carbocycles. The van der Waals surface area contributed by atoms with Crippen LogP contribution in [-0.4, -0.2) is 0 Å². The quantitative estimate of drug-likeness (QED) is 0.620. The third-order valence-corrected chi connectivity index (χ3v) is 1.89. The van der Waals surface area contributed by atoms with E-state index in [0.29, 0.717) is 0 Å². The molecule has 59 valence electrons. The minimum Gasteiger partial charge on any atom is -0.469 e. The molecule has 1 nitrogen and oxygen atoms in total. The van der Waals surface area contributed by atoms with Crippen molar-refractivity contribution >= 4 is 0 Å². The fourth-order valence-electron chi connectivity index (χ4n) is 1.25. The van der Waals surface area contributed by atoms with Gasteiger partial charge in [-0.3, -0.25) is 0 Å². The number of benzene rings is 1. The zero-order chi connectivity index (χ0) is 8.39. The van der Waals surface area contributed by atoms with Crippen LogP contribution in [-0.2, 0) is 0 Å². The number of aryl methyl sites for hydroxylation is 1. The van der Waals surface area contributed by atoms with Crippen LogP contribution in [0.4, 0.5) is 0 Å². The molecule has 1 aromatic heterocycles. The lowest BCUT2D eigenvalue weighted by atomic mass is 10.1. The van der Waals surface area contributed by atoms with Crippen molar-refractivity contribution in [3.8, 4) is 11.1 Å². The molecule has 1 heterocycles. The molecule has 0 aliphatic rings. The van der Waals surface area contributed by atoms with Gasteiger partial charge in [-0.05, 0) is 24.6 Å². The number of hydrogen-bond donors (Lipinski definition) is 0. The highest BCUT2D eigenvalue weighted by Gasteiger charge is 2.01. The highest BCUT2D eigenvalue weighted by atomic mass is 16.3. The lowest BCUT2D eigenvalue weighted by Gasteiger charge is -1.96. The van der Waals surface area contributed by atoms with Gasteiger partial charge >= 0.3 is 0 Å². The Morgan fingerprint density at radius 1 is 1.17 bits per heavy atom. The maximum absolute atomic E-state index is 5.21. The van der Waals surface area contributed by atoms with E-state index in [1.807, 2.05) is 37.3 Å². The number of hydrogen-bond acceptors (Lipinski definition) is 1. The first-order chi connectivity index (χ1) is 5.88. The predicted octanol–water partition coefficient (Wildman–Crippen LogP) is 3.06. The van der Waals surface area contributed by atoms with Crippen molar-refractivity contribution in [2.45, 2.75) is 6.92 Å². The van der Waals surface area contributed by atoms with Gasteiger partial charge in [0.1, 0.15) is 5.76 Å². The minimum absolute atomic E-state index is 0.959. The molecule has 0 unspecified atom stereocenters. The van der Waals surface area contributed by atoms with E-state index < -0.39 is 0 Å². The molecule has 1 aromatic carbocycles. The molecule has 0 aliphatic heterocycles. The van der Waals surface area contributed by atoms with Crippen LogP contribution in [0, 0.1) is 13.0 Å². The molecule has 0 N–H and O–H groups in total. The molecule has 0 amide bonds. The van der Waals surface area contributed by atoms with Crippen LogP contribution >= 0.6 is 0 Å². The van der Waals surface area contributed by atoms with Gasteiger partial charge in [-0.2, -0.15) is 0 Å². The van der Waals surface area contributed by atoms with Gasteiger partial charge in [-0.15, -0.1) is 0 Å². The van der Waals surface area contributed by atoms with Gasteiger partial charge in [0.25, 0.3) is 0 Å². The Hall–Kier alpha value is -1.50. The first-order valence-electron chi connectivity index (χ1n) is 3.88. The SMILES string of the molecule is Cc1occc1-c1cc[c]cc1. The van der Waals surface area contributed by atoms with Gasteiger partial charge in [0.05, 0.1) is 6.26 Å². The fourth-order valence-corrected chi connectivity index (χ4v) is 1.25. The van der Waals surface area contributed by atoms with Crippen molar-refractivity contribution in [1.29, 1.82) is 0 Å². The second kappa shape index (κ2) is 2.86. The molecule has 0 aliphatic carbocycles. The van der Waals surface area contributed by atoms with Crippen LogP contribution < -0.4 is 0 Å². The van der Waals surface area contributed by atoms with E-state index in [-0.39, 0.29) is 0 Å². The first kappa shape index (κ1) is 7.17. The molecule has 0 atom stereocenters. The predicted molar refractivity (Wildman–Crippen MR) is 47.7 cm³/mol. The van der Waals surface area contributed by atoms with E-state index in [4.69, 9.17) is 4.42 Å². The maximum atomic E-state index is 5.21. The molecule has 2 aromatic rings. The van der Waals surface area contributed by atoms with E-state index in [1.54, 1.807) is 6.26 Å². The van der Waals surface area contributed by atoms with E-state index in [2.05, 4.69) is 6.07 Å². The average molecular weight is 157 g/mol. The Morgan fingerprint density at radius 2 is 1.92 bits per heavy atom. The van der Waals surface area contributed by atoms with E-state index in [0.717, 1.165) is 11.3 Å². The largest absolute Gasteiger partial charge is 0.469 e. The van der Waals surface area contributed by atoms with E-state index in [9.17, 15) is 0 Å². The molecule has 12 heavy (non-hydrogen) atoms. The summed E-state index contributed by atoms with van der Waals surface area (Å²) >= 11 is 0. The van der Waals surface area contributed by atoms with Crippen molar-refractivity contribution in [3.05, 3.63) is 48.4 Å². The smallest absolute Gasteiger partial charge is 0.108 e. The van der Waals surface area contributed by atoms with E-state index in [1.165, 1.54) is 5.56 Å². The third-order valence-electron chi connectivity index (χ3n) is 1.89. The van der Waals surface area contributed by atoms with Gasteiger partial charge < -0.3 is 4.42 Å². The van der Waals surface area contributed by atoms with Crippen LogP contribution in [0.2, 0.25) is 0 Å². The normalized spacial score (nSPS) is 10.1. The molecule has 1 radical (unpaired) electrons.